The Kier molecular flexibility index (Phi) is 6.07. The van der Waals surface area contributed by atoms with Crippen molar-refractivity contribution >= 4 is 17.5 Å². The van der Waals surface area contributed by atoms with Crippen LogP contribution < -0.4 is 0 Å². The molecule has 2 nitrogen and oxygen atoms in total. The van der Waals surface area contributed by atoms with Gasteiger partial charge in [-0.3, -0.25) is 4.79 Å². The lowest BCUT2D eigenvalue weighted by Crippen LogP contribution is -2.32. The van der Waals surface area contributed by atoms with Gasteiger partial charge in [-0.1, -0.05) is 12.8 Å². The normalized spacial score (nSPS) is 16.9. The molecule has 88 valence electrons. The van der Waals surface area contributed by atoms with E-state index < -0.39 is 0 Å². The third kappa shape index (κ3) is 4.42. The van der Waals surface area contributed by atoms with Crippen LogP contribution in [0.25, 0.3) is 0 Å². The van der Waals surface area contributed by atoms with Crippen molar-refractivity contribution < 1.29 is 4.79 Å². The molecule has 15 heavy (non-hydrogen) atoms. The van der Waals surface area contributed by atoms with E-state index in [0.29, 0.717) is 17.7 Å². The fourth-order valence-electron chi connectivity index (χ4n) is 2.30. The lowest BCUT2D eigenvalue weighted by Gasteiger charge is -2.22. The van der Waals surface area contributed by atoms with Gasteiger partial charge in [0.05, 0.1) is 0 Å². The molecule has 0 bridgehead atoms. The van der Waals surface area contributed by atoms with Crippen LogP contribution in [-0.2, 0) is 4.79 Å². The van der Waals surface area contributed by atoms with Crippen molar-refractivity contribution in [3.05, 3.63) is 0 Å². The van der Waals surface area contributed by atoms with Crippen molar-refractivity contribution in [2.45, 2.75) is 45.4 Å². The first-order valence-corrected chi connectivity index (χ1v) is 6.65. The van der Waals surface area contributed by atoms with E-state index in [0.717, 1.165) is 25.9 Å². The highest BCUT2D eigenvalue weighted by molar-refractivity contribution is 6.17. The molecule has 0 atom stereocenters. The highest BCUT2D eigenvalue weighted by atomic mass is 35.5. The first-order chi connectivity index (χ1) is 7.27. The van der Waals surface area contributed by atoms with E-state index in [9.17, 15) is 4.79 Å². The second-order valence-electron chi connectivity index (χ2n) is 4.37. The summed E-state index contributed by atoms with van der Waals surface area (Å²) in [5, 5.41) is 0. The molecule has 0 aromatic carbocycles. The van der Waals surface area contributed by atoms with Gasteiger partial charge in [0.15, 0.2) is 0 Å². The van der Waals surface area contributed by atoms with Crippen LogP contribution in [0.5, 0.6) is 0 Å². The van der Waals surface area contributed by atoms with Crippen LogP contribution in [0.1, 0.15) is 45.4 Å². The van der Waals surface area contributed by atoms with Crippen LogP contribution >= 0.6 is 11.6 Å². The van der Waals surface area contributed by atoms with Crippen molar-refractivity contribution in [1.29, 1.82) is 0 Å². The maximum Gasteiger partial charge on any atom is 0.222 e. The lowest BCUT2D eigenvalue weighted by atomic mass is 10.0. The number of amides is 1. The molecule has 0 heterocycles. The van der Waals surface area contributed by atoms with Gasteiger partial charge in [-0.15, -0.1) is 11.6 Å². The summed E-state index contributed by atoms with van der Waals surface area (Å²) in [7, 11) is 0. The van der Waals surface area contributed by atoms with Gasteiger partial charge in [0.1, 0.15) is 0 Å². The minimum Gasteiger partial charge on any atom is -0.343 e. The monoisotopic (exact) mass is 231 g/mol. The smallest absolute Gasteiger partial charge is 0.222 e. The van der Waals surface area contributed by atoms with Crippen LogP contribution in [0.2, 0.25) is 0 Å². The Morgan fingerprint density at radius 3 is 2.60 bits per heavy atom. The fraction of sp³-hybridized carbons (Fsp3) is 0.917. The highest BCUT2D eigenvalue weighted by Gasteiger charge is 2.20. The summed E-state index contributed by atoms with van der Waals surface area (Å²) in [6, 6.07) is 0. The molecule has 0 unspecified atom stereocenters. The van der Waals surface area contributed by atoms with Gasteiger partial charge in [-0.2, -0.15) is 0 Å². The lowest BCUT2D eigenvalue weighted by molar-refractivity contribution is -0.132. The van der Waals surface area contributed by atoms with E-state index in [1.807, 2.05) is 11.8 Å². The van der Waals surface area contributed by atoms with Gasteiger partial charge in [-0.05, 0) is 32.1 Å². The minimum absolute atomic E-state index is 0.328. The summed E-state index contributed by atoms with van der Waals surface area (Å²) in [4.78, 5) is 13.9. The second-order valence-corrected chi connectivity index (χ2v) is 4.75. The molecule has 1 aliphatic carbocycles. The van der Waals surface area contributed by atoms with Crippen molar-refractivity contribution in [3.8, 4) is 0 Å². The summed E-state index contributed by atoms with van der Waals surface area (Å²) in [5.74, 6) is 1.63. The van der Waals surface area contributed by atoms with Crippen molar-refractivity contribution in [1.82, 2.24) is 4.90 Å². The highest BCUT2D eigenvalue weighted by Crippen LogP contribution is 2.27. The average molecular weight is 232 g/mol. The van der Waals surface area contributed by atoms with E-state index in [1.165, 1.54) is 25.7 Å². The first kappa shape index (κ1) is 12.8. The molecular formula is C12H22ClNO. The molecule has 1 saturated carbocycles. The van der Waals surface area contributed by atoms with E-state index in [-0.39, 0.29) is 0 Å². The molecule has 0 radical (unpaired) electrons. The molecular weight excluding hydrogens is 210 g/mol. The predicted molar refractivity (Wildman–Crippen MR) is 64.2 cm³/mol. The number of rotatable bonds is 6. The number of alkyl halides is 1. The van der Waals surface area contributed by atoms with Gasteiger partial charge in [0.25, 0.3) is 0 Å². The van der Waals surface area contributed by atoms with E-state index in [4.69, 9.17) is 11.6 Å². The summed E-state index contributed by atoms with van der Waals surface area (Å²) in [5.41, 5.74) is 0. The zero-order valence-electron chi connectivity index (χ0n) is 9.67. The Hall–Kier alpha value is -0.240. The third-order valence-corrected chi connectivity index (χ3v) is 3.50. The second kappa shape index (κ2) is 7.10. The van der Waals surface area contributed by atoms with Crippen molar-refractivity contribution in [2.75, 3.05) is 19.0 Å². The SMILES string of the molecule is CCN(CCCCl)C(=O)CC1CCCC1. The largest absolute Gasteiger partial charge is 0.343 e. The molecule has 0 aromatic rings. The van der Waals surface area contributed by atoms with E-state index in [1.54, 1.807) is 0 Å². The summed E-state index contributed by atoms with van der Waals surface area (Å²) in [6.45, 7) is 3.69. The number of hydrogen-bond donors (Lipinski definition) is 0. The Balaban J connectivity index is 2.28. The molecule has 1 amide bonds. The number of halogens is 1. The quantitative estimate of drug-likeness (QED) is 0.644. The Morgan fingerprint density at radius 1 is 1.40 bits per heavy atom. The topological polar surface area (TPSA) is 20.3 Å². The third-order valence-electron chi connectivity index (χ3n) is 3.23. The minimum atomic E-state index is 0.328. The zero-order valence-corrected chi connectivity index (χ0v) is 10.4. The van der Waals surface area contributed by atoms with Gasteiger partial charge < -0.3 is 4.90 Å². The molecule has 0 N–H and O–H groups in total. The first-order valence-electron chi connectivity index (χ1n) is 6.11. The Labute approximate surface area is 98.0 Å². The van der Waals surface area contributed by atoms with Crippen molar-refractivity contribution in [3.63, 3.8) is 0 Å². The van der Waals surface area contributed by atoms with Crippen LogP contribution in [0.4, 0.5) is 0 Å². The fourth-order valence-corrected chi connectivity index (χ4v) is 2.42. The standard InChI is InChI=1S/C12H22ClNO/c1-2-14(9-5-8-13)12(15)10-11-6-3-4-7-11/h11H,2-10H2,1H3. The number of carbonyl (C=O) groups excluding carboxylic acids is 1. The number of nitrogens with zero attached hydrogens (tertiary/aromatic N) is 1. The molecule has 1 rings (SSSR count). The summed E-state index contributed by atoms with van der Waals surface area (Å²) >= 11 is 5.64. The van der Waals surface area contributed by atoms with Crippen LogP contribution in [0, 0.1) is 5.92 Å². The van der Waals surface area contributed by atoms with Crippen LogP contribution in [0.15, 0.2) is 0 Å². The van der Waals surface area contributed by atoms with Crippen LogP contribution in [-0.4, -0.2) is 29.8 Å². The molecule has 0 aliphatic heterocycles. The van der Waals surface area contributed by atoms with E-state index >= 15 is 0 Å². The van der Waals surface area contributed by atoms with Crippen molar-refractivity contribution in [2.24, 2.45) is 5.92 Å². The number of hydrogen-bond acceptors (Lipinski definition) is 1. The van der Waals surface area contributed by atoms with E-state index in [2.05, 4.69) is 0 Å². The molecule has 3 heteroatoms. The number of carbonyl (C=O) groups is 1. The molecule has 0 aromatic heterocycles. The molecule has 1 aliphatic rings. The Morgan fingerprint density at radius 2 is 2.07 bits per heavy atom. The van der Waals surface area contributed by atoms with Gasteiger partial charge in [0, 0.05) is 25.4 Å². The maximum atomic E-state index is 11.9. The van der Waals surface area contributed by atoms with Gasteiger partial charge in [-0.25, -0.2) is 0 Å². The Bertz CT molecular complexity index is 190. The molecule has 0 saturated heterocycles. The maximum absolute atomic E-state index is 11.9. The molecule has 0 spiro atoms. The van der Waals surface area contributed by atoms with Gasteiger partial charge in [0.2, 0.25) is 5.91 Å². The van der Waals surface area contributed by atoms with Gasteiger partial charge >= 0.3 is 0 Å². The average Bonchev–Trinajstić information content (AvgIpc) is 2.71. The predicted octanol–water partition coefficient (Wildman–Crippen LogP) is 3.04. The summed E-state index contributed by atoms with van der Waals surface area (Å²) < 4.78 is 0. The van der Waals surface area contributed by atoms with Crippen LogP contribution in [0.3, 0.4) is 0 Å². The zero-order chi connectivity index (χ0) is 11.1. The molecule has 1 fully saturated rings. The summed E-state index contributed by atoms with van der Waals surface area (Å²) in [6.07, 6.45) is 6.79.